The minimum Gasteiger partial charge on any atom is -0.387 e. The first-order chi connectivity index (χ1) is 5.72. The summed E-state index contributed by atoms with van der Waals surface area (Å²) in [5, 5.41) is 7.15. The second kappa shape index (κ2) is 8.29. The number of hydrogen-bond donors (Lipinski definition) is 2. The van der Waals surface area contributed by atoms with Crippen molar-refractivity contribution in [2.75, 3.05) is 39.3 Å². The van der Waals surface area contributed by atoms with Gasteiger partial charge in [-0.1, -0.05) is 6.92 Å². The van der Waals surface area contributed by atoms with Crippen LogP contribution >= 0.6 is 24.8 Å². The van der Waals surface area contributed by atoms with Gasteiger partial charge < -0.3 is 10.6 Å². The van der Waals surface area contributed by atoms with Crippen LogP contribution in [-0.2, 0) is 0 Å². The first kappa shape index (κ1) is 16.4. The van der Waals surface area contributed by atoms with Crippen LogP contribution in [0, 0.1) is 5.41 Å². The molecule has 0 aromatic carbocycles. The third-order valence-electron chi connectivity index (χ3n) is 2.31. The molecule has 86 valence electrons. The number of nitrogens with one attached hydrogen (secondary N) is 1. The normalized spacial score (nSPS) is 18.1. The summed E-state index contributed by atoms with van der Waals surface area (Å²) < 4.78 is 0. The summed E-state index contributed by atoms with van der Waals surface area (Å²) in [6.45, 7) is 8.28. The Kier molecular flexibility index (Phi) is 9.72. The van der Waals surface area contributed by atoms with E-state index in [1.54, 1.807) is 0 Å². The molecule has 0 radical (unpaired) electrons. The smallest absolute Gasteiger partial charge is 0.105 e. The molecule has 0 amide bonds. The van der Waals surface area contributed by atoms with Gasteiger partial charge in [-0.15, -0.1) is 24.8 Å². The topological polar surface area (TPSA) is 56.4 Å². The lowest BCUT2D eigenvalue weighted by Crippen LogP contribution is -2.48. The van der Waals surface area contributed by atoms with Crippen molar-refractivity contribution in [3.63, 3.8) is 0 Å². The minimum atomic E-state index is 0. The van der Waals surface area contributed by atoms with Gasteiger partial charge in [0.15, 0.2) is 0 Å². The van der Waals surface area contributed by atoms with Gasteiger partial charge in [-0.05, 0) is 6.54 Å². The van der Waals surface area contributed by atoms with Gasteiger partial charge in [-0.3, -0.25) is 10.3 Å². The highest BCUT2D eigenvalue weighted by atomic mass is 35.5. The molecule has 1 saturated heterocycles. The fourth-order valence-electron chi connectivity index (χ4n) is 1.50. The van der Waals surface area contributed by atoms with Gasteiger partial charge in [0.25, 0.3) is 0 Å². The van der Waals surface area contributed by atoms with Crippen LogP contribution in [0.3, 0.4) is 0 Å². The summed E-state index contributed by atoms with van der Waals surface area (Å²) in [5.41, 5.74) is 5.32. The Balaban J connectivity index is 0. The zero-order valence-corrected chi connectivity index (χ0v) is 10.2. The molecule has 0 aromatic heterocycles. The van der Waals surface area contributed by atoms with Gasteiger partial charge in [0, 0.05) is 26.2 Å². The van der Waals surface area contributed by atoms with E-state index in [4.69, 9.17) is 11.1 Å². The first-order valence-electron chi connectivity index (χ1n) is 4.50. The van der Waals surface area contributed by atoms with Crippen LogP contribution in [0.25, 0.3) is 0 Å². The van der Waals surface area contributed by atoms with Crippen LogP contribution in [0.15, 0.2) is 0 Å². The lowest BCUT2D eigenvalue weighted by Gasteiger charge is -2.33. The summed E-state index contributed by atoms with van der Waals surface area (Å²) in [5.74, 6) is 0.278. The summed E-state index contributed by atoms with van der Waals surface area (Å²) in [4.78, 5) is 4.64. The van der Waals surface area contributed by atoms with E-state index in [1.807, 2.05) is 0 Å². The molecule has 0 aromatic rings. The number of nitrogens with zero attached hydrogens (tertiary/aromatic N) is 2. The van der Waals surface area contributed by atoms with Gasteiger partial charge in [-0.2, -0.15) is 0 Å². The van der Waals surface area contributed by atoms with Crippen LogP contribution < -0.4 is 5.73 Å². The third-order valence-corrected chi connectivity index (χ3v) is 2.31. The zero-order valence-electron chi connectivity index (χ0n) is 8.53. The SMILES string of the molecule is CCN1CCN(CC(=N)N)CC1.Cl.Cl. The number of rotatable bonds is 3. The molecule has 6 heteroatoms. The van der Waals surface area contributed by atoms with Crippen molar-refractivity contribution in [3.8, 4) is 0 Å². The fourth-order valence-corrected chi connectivity index (χ4v) is 1.50. The van der Waals surface area contributed by atoms with Crippen molar-refractivity contribution in [2.24, 2.45) is 5.73 Å². The van der Waals surface area contributed by atoms with Crippen molar-refractivity contribution in [3.05, 3.63) is 0 Å². The molecule has 0 spiro atoms. The van der Waals surface area contributed by atoms with Gasteiger partial charge in [-0.25, -0.2) is 0 Å². The summed E-state index contributed by atoms with van der Waals surface area (Å²) in [6.07, 6.45) is 0. The average molecular weight is 243 g/mol. The predicted molar refractivity (Wildman–Crippen MR) is 65.0 cm³/mol. The molecule has 14 heavy (non-hydrogen) atoms. The molecule has 1 fully saturated rings. The van der Waals surface area contributed by atoms with E-state index in [9.17, 15) is 0 Å². The molecule has 0 bridgehead atoms. The van der Waals surface area contributed by atoms with Crippen LogP contribution in [0.4, 0.5) is 0 Å². The van der Waals surface area contributed by atoms with Crippen molar-refractivity contribution < 1.29 is 0 Å². The van der Waals surface area contributed by atoms with Crippen molar-refractivity contribution >= 4 is 30.6 Å². The van der Waals surface area contributed by atoms with Crippen LogP contribution in [0.1, 0.15) is 6.92 Å². The second-order valence-electron chi connectivity index (χ2n) is 3.24. The Labute approximate surface area is 98.1 Å². The Bertz CT molecular complexity index is 157. The monoisotopic (exact) mass is 242 g/mol. The van der Waals surface area contributed by atoms with E-state index in [-0.39, 0.29) is 30.6 Å². The van der Waals surface area contributed by atoms with Gasteiger partial charge >= 0.3 is 0 Å². The predicted octanol–water partition coefficient (Wildman–Crippen LogP) is 0.403. The van der Waals surface area contributed by atoms with Crippen molar-refractivity contribution in [1.29, 1.82) is 5.41 Å². The maximum atomic E-state index is 7.15. The third kappa shape index (κ3) is 5.65. The first-order valence-corrected chi connectivity index (χ1v) is 4.50. The summed E-state index contributed by atoms with van der Waals surface area (Å²) >= 11 is 0. The molecule has 0 atom stereocenters. The standard InChI is InChI=1S/C8H18N4.2ClH/c1-2-11-3-5-12(6-4-11)7-8(9)10;;/h2-7H2,1H3,(H3,9,10);2*1H. The molecule has 1 heterocycles. The van der Waals surface area contributed by atoms with Crippen molar-refractivity contribution in [1.82, 2.24) is 9.80 Å². The molecular weight excluding hydrogens is 223 g/mol. The van der Waals surface area contributed by atoms with Crippen LogP contribution in [0.5, 0.6) is 0 Å². The summed E-state index contributed by atoms with van der Waals surface area (Å²) in [6, 6.07) is 0. The van der Waals surface area contributed by atoms with Gasteiger partial charge in [0.2, 0.25) is 0 Å². The quantitative estimate of drug-likeness (QED) is 0.557. The fraction of sp³-hybridized carbons (Fsp3) is 0.875. The lowest BCUT2D eigenvalue weighted by molar-refractivity contribution is 0.151. The molecular formula is C8H20Cl2N4. The molecule has 1 rings (SSSR count). The highest BCUT2D eigenvalue weighted by molar-refractivity contribution is 5.85. The summed E-state index contributed by atoms with van der Waals surface area (Å²) in [7, 11) is 0. The molecule has 1 aliphatic heterocycles. The highest BCUT2D eigenvalue weighted by Crippen LogP contribution is 1.99. The molecule has 0 unspecified atom stereocenters. The number of nitrogens with two attached hydrogens (primary N) is 1. The lowest BCUT2D eigenvalue weighted by atomic mass is 10.3. The molecule has 3 N–H and O–H groups in total. The average Bonchev–Trinajstić information content (AvgIpc) is 2.05. The van der Waals surface area contributed by atoms with Crippen LogP contribution in [-0.4, -0.2) is 54.9 Å². The van der Waals surface area contributed by atoms with E-state index in [0.717, 1.165) is 32.7 Å². The van der Waals surface area contributed by atoms with E-state index < -0.39 is 0 Å². The molecule has 4 nitrogen and oxygen atoms in total. The maximum absolute atomic E-state index is 7.15. The highest BCUT2D eigenvalue weighted by Gasteiger charge is 2.15. The number of piperazine rings is 1. The maximum Gasteiger partial charge on any atom is 0.105 e. The van der Waals surface area contributed by atoms with Gasteiger partial charge in [0.05, 0.1) is 6.54 Å². The number of halogens is 2. The Hall–Kier alpha value is -0.0300. The Morgan fingerprint density at radius 3 is 1.93 bits per heavy atom. The second-order valence-corrected chi connectivity index (χ2v) is 3.24. The van der Waals surface area contributed by atoms with Crippen molar-refractivity contribution in [2.45, 2.75) is 6.92 Å². The number of hydrogen-bond acceptors (Lipinski definition) is 3. The largest absolute Gasteiger partial charge is 0.387 e. The Morgan fingerprint density at radius 1 is 1.14 bits per heavy atom. The van der Waals surface area contributed by atoms with Crippen LogP contribution in [0.2, 0.25) is 0 Å². The zero-order chi connectivity index (χ0) is 8.97. The molecule has 0 saturated carbocycles. The Morgan fingerprint density at radius 2 is 1.57 bits per heavy atom. The van der Waals surface area contributed by atoms with Gasteiger partial charge in [0.1, 0.15) is 5.84 Å². The minimum absolute atomic E-state index is 0. The molecule has 1 aliphatic rings. The van der Waals surface area contributed by atoms with E-state index >= 15 is 0 Å². The van der Waals surface area contributed by atoms with E-state index in [2.05, 4.69) is 16.7 Å². The number of likely N-dealkylation sites (N-methyl/N-ethyl adjacent to an activating group) is 1. The van der Waals surface area contributed by atoms with E-state index in [0.29, 0.717) is 6.54 Å². The number of amidine groups is 1. The van der Waals surface area contributed by atoms with E-state index in [1.165, 1.54) is 0 Å². The molecule has 0 aliphatic carbocycles.